The summed E-state index contributed by atoms with van der Waals surface area (Å²) in [4.78, 5) is 20.7. The van der Waals surface area contributed by atoms with E-state index >= 15 is 0 Å². The van der Waals surface area contributed by atoms with Crippen molar-refractivity contribution in [1.29, 1.82) is 5.26 Å². The van der Waals surface area contributed by atoms with Gasteiger partial charge in [0, 0.05) is 19.3 Å². The standard InChI is InChI=1S/C12H16N4O2/c1-3-16(6-9(2)4-13)7-11-10(12(17)18)5-14-8-15-11/h5,8-9H,3,6-7H2,1-2H3,(H,17,18). The Kier molecular flexibility index (Phi) is 5.21. The van der Waals surface area contributed by atoms with Crippen LogP contribution in [0, 0.1) is 17.2 Å². The van der Waals surface area contributed by atoms with Crippen molar-refractivity contribution in [2.45, 2.75) is 20.4 Å². The number of nitriles is 1. The summed E-state index contributed by atoms with van der Waals surface area (Å²) in [5.74, 6) is -1.13. The fourth-order valence-electron chi connectivity index (χ4n) is 1.60. The number of rotatable bonds is 6. The first-order chi connectivity index (χ1) is 8.58. The van der Waals surface area contributed by atoms with Gasteiger partial charge in [0.05, 0.1) is 17.7 Å². The normalized spacial score (nSPS) is 12.1. The predicted octanol–water partition coefficient (Wildman–Crippen LogP) is 1.16. The predicted molar refractivity (Wildman–Crippen MR) is 64.7 cm³/mol. The van der Waals surface area contributed by atoms with Crippen molar-refractivity contribution in [2.24, 2.45) is 5.92 Å². The first-order valence-electron chi connectivity index (χ1n) is 5.72. The summed E-state index contributed by atoms with van der Waals surface area (Å²) < 4.78 is 0. The van der Waals surface area contributed by atoms with E-state index in [1.807, 2.05) is 18.7 Å². The van der Waals surface area contributed by atoms with Crippen LogP contribution in [0.15, 0.2) is 12.5 Å². The molecule has 0 aliphatic heterocycles. The van der Waals surface area contributed by atoms with Crippen molar-refractivity contribution in [2.75, 3.05) is 13.1 Å². The van der Waals surface area contributed by atoms with Gasteiger partial charge in [0.2, 0.25) is 0 Å². The van der Waals surface area contributed by atoms with Gasteiger partial charge in [0.25, 0.3) is 0 Å². The minimum Gasteiger partial charge on any atom is -0.478 e. The van der Waals surface area contributed by atoms with Gasteiger partial charge in [-0.3, -0.25) is 4.90 Å². The average Bonchev–Trinajstić information content (AvgIpc) is 2.38. The van der Waals surface area contributed by atoms with Gasteiger partial charge < -0.3 is 5.11 Å². The van der Waals surface area contributed by atoms with Crippen LogP contribution in [0.25, 0.3) is 0 Å². The molecule has 1 unspecified atom stereocenters. The van der Waals surface area contributed by atoms with Gasteiger partial charge >= 0.3 is 5.97 Å². The van der Waals surface area contributed by atoms with Crippen molar-refractivity contribution in [3.8, 4) is 6.07 Å². The second-order valence-electron chi connectivity index (χ2n) is 4.05. The van der Waals surface area contributed by atoms with Gasteiger partial charge in [-0.15, -0.1) is 0 Å². The van der Waals surface area contributed by atoms with E-state index < -0.39 is 5.97 Å². The molecule has 0 fully saturated rings. The quantitative estimate of drug-likeness (QED) is 0.812. The molecule has 6 nitrogen and oxygen atoms in total. The van der Waals surface area contributed by atoms with Crippen LogP contribution in [0.3, 0.4) is 0 Å². The molecule has 0 aliphatic rings. The monoisotopic (exact) mass is 248 g/mol. The lowest BCUT2D eigenvalue weighted by molar-refractivity contribution is 0.0693. The minimum atomic E-state index is -1.03. The zero-order valence-electron chi connectivity index (χ0n) is 10.5. The fourth-order valence-corrected chi connectivity index (χ4v) is 1.60. The van der Waals surface area contributed by atoms with Gasteiger partial charge in [-0.25, -0.2) is 14.8 Å². The zero-order valence-corrected chi connectivity index (χ0v) is 10.5. The van der Waals surface area contributed by atoms with Gasteiger partial charge in [0.1, 0.15) is 11.9 Å². The zero-order chi connectivity index (χ0) is 13.5. The molecule has 1 rings (SSSR count). The summed E-state index contributed by atoms with van der Waals surface area (Å²) >= 11 is 0. The number of aromatic nitrogens is 2. The molecule has 1 atom stereocenters. The van der Waals surface area contributed by atoms with E-state index in [9.17, 15) is 4.79 Å². The Balaban J connectivity index is 2.82. The third-order valence-corrected chi connectivity index (χ3v) is 2.60. The number of carboxylic acid groups (broad SMARTS) is 1. The van der Waals surface area contributed by atoms with E-state index in [1.165, 1.54) is 12.5 Å². The Morgan fingerprint density at radius 2 is 2.39 bits per heavy atom. The summed E-state index contributed by atoms with van der Waals surface area (Å²) in [6.45, 7) is 5.53. The van der Waals surface area contributed by atoms with E-state index in [0.717, 1.165) is 6.54 Å². The fraction of sp³-hybridized carbons (Fsp3) is 0.500. The first kappa shape index (κ1) is 14.1. The van der Waals surface area contributed by atoms with Crippen molar-refractivity contribution >= 4 is 5.97 Å². The van der Waals surface area contributed by atoms with E-state index in [2.05, 4.69) is 16.0 Å². The Labute approximate surface area is 106 Å². The summed E-state index contributed by atoms with van der Waals surface area (Å²) in [7, 11) is 0. The number of hydrogen-bond donors (Lipinski definition) is 1. The number of carboxylic acids is 1. The maximum atomic E-state index is 11.0. The molecule has 0 saturated heterocycles. The lowest BCUT2D eigenvalue weighted by Crippen LogP contribution is -2.29. The minimum absolute atomic E-state index is 0.0972. The Morgan fingerprint density at radius 3 is 2.94 bits per heavy atom. The van der Waals surface area contributed by atoms with Crippen LogP contribution in [0.4, 0.5) is 0 Å². The summed E-state index contributed by atoms with van der Waals surface area (Å²) in [6, 6.07) is 2.16. The third-order valence-electron chi connectivity index (χ3n) is 2.60. The molecule has 0 aromatic carbocycles. The summed E-state index contributed by atoms with van der Waals surface area (Å²) in [5, 5.41) is 17.8. The highest BCUT2D eigenvalue weighted by Gasteiger charge is 2.15. The van der Waals surface area contributed by atoms with Crippen molar-refractivity contribution in [3.63, 3.8) is 0 Å². The smallest absolute Gasteiger partial charge is 0.339 e. The number of carbonyl (C=O) groups is 1. The van der Waals surface area contributed by atoms with Crippen LogP contribution in [0.2, 0.25) is 0 Å². The van der Waals surface area contributed by atoms with E-state index in [0.29, 0.717) is 18.8 Å². The van der Waals surface area contributed by atoms with Gasteiger partial charge in [-0.05, 0) is 13.5 Å². The second kappa shape index (κ2) is 6.67. The molecule has 0 amide bonds. The number of hydrogen-bond acceptors (Lipinski definition) is 5. The van der Waals surface area contributed by atoms with E-state index in [4.69, 9.17) is 10.4 Å². The molecule has 18 heavy (non-hydrogen) atoms. The van der Waals surface area contributed by atoms with Crippen molar-refractivity contribution < 1.29 is 9.90 Å². The summed E-state index contributed by atoms with van der Waals surface area (Å²) in [5.41, 5.74) is 0.588. The van der Waals surface area contributed by atoms with Crippen molar-refractivity contribution in [3.05, 3.63) is 23.8 Å². The molecule has 1 N–H and O–H groups in total. The molecular weight excluding hydrogens is 232 g/mol. The van der Waals surface area contributed by atoms with Crippen LogP contribution in [-0.2, 0) is 6.54 Å². The average molecular weight is 248 g/mol. The Morgan fingerprint density at radius 1 is 1.67 bits per heavy atom. The topological polar surface area (TPSA) is 90.1 Å². The molecular formula is C12H16N4O2. The molecule has 0 aliphatic carbocycles. The molecule has 0 radical (unpaired) electrons. The van der Waals surface area contributed by atoms with Gasteiger partial charge in [-0.2, -0.15) is 5.26 Å². The molecule has 0 saturated carbocycles. The van der Waals surface area contributed by atoms with Crippen LogP contribution in [0.1, 0.15) is 29.9 Å². The molecule has 1 aromatic rings. The highest BCUT2D eigenvalue weighted by Crippen LogP contribution is 2.09. The van der Waals surface area contributed by atoms with Crippen LogP contribution < -0.4 is 0 Å². The Hall–Kier alpha value is -2.00. The molecule has 6 heteroatoms. The lowest BCUT2D eigenvalue weighted by atomic mass is 10.1. The van der Waals surface area contributed by atoms with Crippen LogP contribution in [0.5, 0.6) is 0 Å². The largest absolute Gasteiger partial charge is 0.478 e. The maximum Gasteiger partial charge on any atom is 0.339 e. The van der Waals surface area contributed by atoms with Crippen LogP contribution >= 0.6 is 0 Å². The second-order valence-corrected chi connectivity index (χ2v) is 4.05. The number of aromatic carboxylic acids is 1. The molecule has 0 spiro atoms. The van der Waals surface area contributed by atoms with Crippen molar-refractivity contribution in [1.82, 2.24) is 14.9 Å². The Bertz CT molecular complexity index is 456. The maximum absolute atomic E-state index is 11.0. The van der Waals surface area contributed by atoms with Gasteiger partial charge in [0.15, 0.2) is 0 Å². The number of nitrogens with zero attached hydrogens (tertiary/aromatic N) is 4. The van der Waals surface area contributed by atoms with E-state index in [1.54, 1.807) is 0 Å². The molecule has 96 valence electrons. The van der Waals surface area contributed by atoms with Crippen LogP contribution in [-0.4, -0.2) is 39.0 Å². The first-order valence-corrected chi connectivity index (χ1v) is 5.72. The summed E-state index contributed by atoms with van der Waals surface area (Å²) in [6.07, 6.45) is 2.63. The third kappa shape index (κ3) is 3.79. The molecule has 0 bridgehead atoms. The SMILES string of the molecule is CCN(Cc1ncncc1C(=O)O)CC(C)C#N. The van der Waals surface area contributed by atoms with Gasteiger partial charge in [-0.1, -0.05) is 6.92 Å². The van der Waals surface area contributed by atoms with E-state index in [-0.39, 0.29) is 11.5 Å². The molecule has 1 aromatic heterocycles. The highest BCUT2D eigenvalue weighted by molar-refractivity contribution is 5.88. The lowest BCUT2D eigenvalue weighted by Gasteiger charge is -2.21. The highest BCUT2D eigenvalue weighted by atomic mass is 16.4. The molecule has 1 heterocycles.